The predicted octanol–water partition coefficient (Wildman–Crippen LogP) is 3.68. The van der Waals surface area contributed by atoms with E-state index in [4.69, 9.17) is 4.74 Å². The smallest absolute Gasteiger partial charge is 0.410 e. The number of ether oxygens (including phenoxy) is 1. The molecule has 2 aliphatic heterocycles. The van der Waals surface area contributed by atoms with Gasteiger partial charge in [-0.15, -0.1) is 0 Å². The highest BCUT2D eigenvalue weighted by atomic mass is 16.6. The van der Waals surface area contributed by atoms with E-state index in [-0.39, 0.29) is 18.2 Å². The van der Waals surface area contributed by atoms with Crippen molar-refractivity contribution in [2.75, 3.05) is 6.61 Å². The minimum Gasteiger partial charge on any atom is -0.447 e. The van der Waals surface area contributed by atoms with Crippen LogP contribution in [0.3, 0.4) is 0 Å². The van der Waals surface area contributed by atoms with E-state index in [0.29, 0.717) is 12.5 Å². The maximum Gasteiger partial charge on any atom is 0.410 e. The number of rotatable bonds is 1. The van der Waals surface area contributed by atoms with Crippen molar-refractivity contribution >= 4 is 6.09 Å². The highest BCUT2D eigenvalue weighted by molar-refractivity contribution is 5.72. The van der Waals surface area contributed by atoms with Crippen LogP contribution in [0.25, 0.3) is 0 Å². The van der Waals surface area contributed by atoms with Gasteiger partial charge in [0.2, 0.25) is 0 Å². The number of benzene rings is 1. The lowest BCUT2D eigenvalue weighted by molar-refractivity contribution is 0.105. The molecule has 1 saturated heterocycles. The standard InChI is InChI=1S/C17H21NO2/c19-17-18-14(11-20-17)10-13-8-4-5-9-15(13)16(18)12-6-2-1-3-7-12/h4-5,8-9,12,14,16H,1-3,6-7,10-11H2/t14-,16+/m0/s1. The molecule has 0 bridgehead atoms. The lowest BCUT2D eigenvalue weighted by Crippen LogP contribution is -2.45. The van der Waals surface area contributed by atoms with Crippen LogP contribution in [-0.4, -0.2) is 23.6 Å². The predicted molar refractivity (Wildman–Crippen MR) is 76.4 cm³/mol. The first kappa shape index (κ1) is 12.2. The average molecular weight is 271 g/mol. The second-order valence-electron chi connectivity index (χ2n) is 6.38. The summed E-state index contributed by atoms with van der Waals surface area (Å²) in [6.07, 6.45) is 7.29. The Hall–Kier alpha value is -1.51. The maximum absolute atomic E-state index is 12.2. The van der Waals surface area contributed by atoms with Crippen LogP contribution in [0.15, 0.2) is 24.3 Å². The summed E-state index contributed by atoms with van der Waals surface area (Å²) >= 11 is 0. The summed E-state index contributed by atoms with van der Waals surface area (Å²) in [5.74, 6) is 0.610. The van der Waals surface area contributed by atoms with Gasteiger partial charge in [0.25, 0.3) is 0 Å². The summed E-state index contributed by atoms with van der Waals surface area (Å²) in [6, 6.07) is 9.17. The van der Waals surface area contributed by atoms with Crippen LogP contribution >= 0.6 is 0 Å². The second kappa shape index (κ2) is 4.80. The fourth-order valence-electron chi connectivity index (χ4n) is 4.31. The average Bonchev–Trinajstić information content (AvgIpc) is 2.87. The molecule has 0 radical (unpaired) electrons. The maximum atomic E-state index is 12.2. The quantitative estimate of drug-likeness (QED) is 0.779. The van der Waals surface area contributed by atoms with Gasteiger partial charge < -0.3 is 4.74 Å². The summed E-state index contributed by atoms with van der Waals surface area (Å²) in [7, 11) is 0. The topological polar surface area (TPSA) is 29.5 Å². The highest BCUT2D eigenvalue weighted by Crippen LogP contribution is 2.45. The van der Waals surface area contributed by atoms with E-state index >= 15 is 0 Å². The lowest BCUT2D eigenvalue weighted by atomic mass is 9.76. The molecule has 3 heteroatoms. The monoisotopic (exact) mass is 271 g/mol. The van der Waals surface area contributed by atoms with Gasteiger partial charge in [-0.3, -0.25) is 4.90 Å². The highest BCUT2D eigenvalue weighted by Gasteiger charge is 2.45. The van der Waals surface area contributed by atoms with Gasteiger partial charge in [-0.05, 0) is 36.3 Å². The molecular formula is C17H21NO2. The third-order valence-electron chi connectivity index (χ3n) is 5.23. The molecule has 1 amide bonds. The molecule has 1 aromatic rings. The molecule has 1 saturated carbocycles. The van der Waals surface area contributed by atoms with Crippen LogP contribution < -0.4 is 0 Å². The van der Waals surface area contributed by atoms with Crippen LogP contribution in [-0.2, 0) is 11.2 Å². The van der Waals surface area contributed by atoms with Crippen LogP contribution in [0.4, 0.5) is 4.79 Å². The van der Waals surface area contributed by atoms with Gasteiger partial charge >= 0.3 is 6.09 Å². The Balaban J connectivity index is 1.76. The van der Waals surface area contributed by atoms with Crippen molar-refractivity contribution in [1.82, 2.24) is 4.90 Å². The largest absolute Gasteiger partial charge is 0.447 e. The fourth-order valence-corrected chi connectivity index (χ4v) is 4.31. The van der Waals surface area contributed by atoms with Crippen LogP contribution in [0.1, 0.15) is 49.3 Å². The third kappa shape index (κ3) is 1.83. The van der Waals surface area contributed by atoms with Crippen LogP contribution in [0.2, 0.25) is 0 Å². The van der Waals surface area contributed by atoms with Gasteiger partial charge in [-0.1, -0.05) is 43.5 Å². The van der Waals surface area contributed by atoms with Gasteiger partial charge in [-0.2, -0.15) is 0 Å². The van der Waals surface area contributed by atoms with Crippen molar-refractivity contribution in [3.8, 4) is 0 Å². The van der Waals surface area contributed by atoms with E-state index < -0.39 is 0 Å². The number of nitrogens with zero attached hydrogens (tertiary/aromatic N) is 1. The molecule has 20 heavy (non-hydrogen) atoms. The van der Waals surface area contributed by atoms with Gasteiger partial charge in [0, 0.05) is 0 Å². The Morgan fingerprint density at radius 1 is 1.10 bits per heavy atom. The van der Waals surface area contributed by atoms with Gasteiger partial charge in [0.05, 0.1) is 12.1 Å². The van der Waals surface area contributed by atoms with Crippen LogP contribution in [0.5, 0.6) is 0 Å². The molecule has 1 aliphatic carbocycles. The minimum atomic E-state index is -0.0972. The number of amides is 1. The van der Waals surface area contributed by atoms with Crippen molar-refractivity contribution in [1.29, 1.82) is 0 Å². The SMILES string of the molecule is O=C1OC[C@@H]2Cc3ccccc3[C@@H](C3CCCCC3)N12. The van der Waals surface area contributed by atoms with E-state index in [2.05, 4.69) is 29.2 Å². The molecule has 0 unspecified atom stereocenters. The third-order valence-corrected chi connectivity index (χ3v) is 5.23. The first-order valence-electron chi connectivity index (χ1n) is 7.87. The minimum absolute atomic E-state index is 0.0972. The Bertz CT molecular complexity index is 521. The van der Waals surface area contributed by atoms with Crippen molar-refractivity contribution in [3.63, 3.8) is 0 Å². The molecule has 2 heterocycles. The summed E-state index contributed by atoms with van der Waals surface area (Å²) in [6.45, 7) is 0.566. The number of hydrogen-bond acceptors (Lipinski definition) is 2. The van der Waals surface area contributed by atoms with Crippen LogP contribution in [0, 0.1) is 5.92 Å². The molecule has 2 fully saturated rings. The van der Waals surface area contributed by atoms with E-state index in [0.717, 1.165) is 6.42 Å². The summed E-state index contributed by atoms with van der Waals surface area (Å²) in [5.41, 5.74) is 2.79. The van der Waals surface area contributed by atoms with E-state index in [1.54, 1.807) is 0 Å². The zero-order valence-corrected chi connectivity index (χ0v) is 11.8. The van der Waals surface area contributed by atoms with Crippen molar-refractivity contribution in [3.05, 3.63) is 35.4 Å². The zero-order chi connectivity index (χ0) is 13.5. The van der Waals surface area contributed by atoms with Crippen molar-refractivity contribution < 1.29 is 9.53 Å². The Morgan fingerprint density at radius 3 is 2.75 bits per heavy atom. The molecule has 0 spiro atoms. The van der Waals surface area contributed by atoms with Gasteiger partial charge in [0.15, 0.2) is 0 Å². The molecule has 0 aromatic heterocycles. The van der Waals surface area contributed by atoms with Gasteiger partial charge in [-0.25, -0.2) is 4.79 Å². The number of fused-ring (bicyclic) bond motifs is 2. The molecule has 3 nitrogen and oxygen atoms in total. The molecule has 4 rings (SSSR count). The van der Waals surface area contributed by atoms with Crippen molar-refractivity contribution in [2.45, 2.75) is 50.6 Å². The summed E-state index contributed by atoms with van der Waals surface area (Å²) < 4.78 is 5.34. The summed E-state index contributed by atoms with van der Waals surface area (Å²) in [4.78, 5) is 14.2. The first-order valence-corrected chi connectivity index (χ1v) is 7.87. The Labute approximate surface area is 119 Å². The van der Waals surface area contributed by atoms with Gasteiger partial charge in [0.1, 0.15) is 6.61 Å². The first-order chi connectivity index (χ1) is 9.84. The van der Waals surface area contributed by atoms with E-state index in [9.17, 15) is 4.79 Å². The number of hydrogen-bond donors (Lipinski definition) is 0. The number of carbonyl (C=O) groups excluding carboxylic acids is 1. The van der Waals surface area contributed by atoms with E-state index in [1.165, 1.54) is 43.2 Å². The summed E-state index contributed by atoms with van der Waals surface area (Å²) in [5, 5.41) is 0. The van der Waals surface area contributed by atoms with E-state index in [1.807, 2.05) is 0 Å². The number of carbonyl (C=O) groups is 1. The molecule has 2 atom stereocenters. The Morgan fingerprint density at radius 2 is 1.90 bits per heavy atom. The lowest BCUT2D eigenvalue weighted by Gasteiger charge is -2.42. The fraction of sp³-hybridized carbons (Fsp3) is 0.588. The molecule has 1 aromatic carbocycles. The van der Waals surface area contributed by atoms with Crippen molar-refractivity contribution in [2.24, 2.45) is 5.92 Å². The molecule has 3 aliphatic rings. The zero-order valence-electron chi connectivity index (χ0n) is 11.8. The second-order valence-corrected chi connectivity index (χ2v) is 6.38. The molecule has 106 valence electrons. The Kier molecular flexibility index (Phi) is 2.94. The normalized spacial score (nSPS) is 29.8. The molecular weight excluding hydrogens is 250 g/mol. The number of cyclic esters (lactones) is 1. The molecule has 0 N–H and O–H groups in total.